The van der Waals surface area contributed by atoms with E-state index in [0.29, 0.717) is 20.6 Å². The van der Waals surface area contributed by atoms with Crippen LogP contribution in [0.15, 0.2) is 81.6 Å². The number of nitro benzene ring substituents is 1. The molecule has 1 aromatic heterocycles. The van der Waals surface area contributed by atoms with Crippen molar-refractivity contribution >= 4 is 61.9 Å². The number of hydrogen-bond acceptors (Lipinski definition) is 7. The number of nitrogens with zero attached hydrogens (tertiary/aromatic N) is 3. The van der Waals surface area contributed by atoms with E-state index in [1.165, 1.54) is 35.4 Å². The van der Waals surface area contributed by atoms with Gasteiger partial charge < -0.3 is 0 Å². The van der Waals surface area contributed by atoms with Crippen LogP contribution in [-0.4, -0.2) is 16.1 Å². The van der Waals surface area contributed by atoms with Gasteiger partial charge in [-0.1, -0.05) is 52.9 Å². The van der Waals surface area contributed by atoms with Crippen LogP contribution in [0.1, 0.15) is 5.56 Å². The molecule has 0 spiro atoms. The average molecular weight is 441 g/mol. The predicted octanol–water partition coefficient (Wildman–Crippen LogP) is 6.46. The van der Waals surface area contributed by atoms with Gasteiger partial charge in [-0.05, 0) is 42.5 Å². The standard InChI is InChI=1S/C20H13ClN4O2S2/c21-14-6-8-15(9-7-14)28-19-10-5-13(11-17(19)25(26)27)12-22-24-20-23-16-3-1-2-4-18(16)29-20/h1-12H,(H,23,24)/b22-12-. The van der Waals surface area contributed by atoms with Gasteiger partial charge in [-0.25, -0.2) is 4.98 Å². The van der Waals surface area contributed by atoms with Crippen molar-refractivity contribution in [2.24, 2.45) is 5.10 Å². The number of para-hydroxylation sites is 1. The third-order valence-corrected chi connectivity index (χ3v) is 6.15. The summed E-state index contributed by atoms with van der Waals surface area (Å²) in [5.41, 5.74) is 4.42. The smallest absolute Gasteiger partial charge is 0.258 e. The van der Waals surface area contributed by atoms with Gasteiger partial charge in [0, 0.05) is 21.5 Å². The Labute approximate surface area is 179 Å². The van der Waals surface area contributed by atoms with Gasteiger partial charge in [0.15, 0.2) is 0 Å². The SMILES string of the molecule is O=[N+]([O-])c1cc(/C=N\Nc2nc3ccccc3s2)ccc1Sc1ccc(Cl)cc1. The second kappa shape index (κ2) is 8.60. The first-order valence-corrected chi connectivity index (χ1v) is 10.5. The van der Waals surface area contributed by atoms with Crippen LogP contribution >= 0.6 is 34.7 Å². The van der Waals surface area contributed by atoms with E-state index < -0.39 is 4.92 Å². The number of aromatic nitrogens is 1. The van der Waals surface area contributed by atoms with Crippen molar-refractivity contribution in [2.75, 3.05) is 5.43 Å². The minimum absolute atomic E-state index is 0.0221. The van der Waals surface area contributed by atoms with Gasteiger partial charge in [-0.2, -0.15) is 5.10 Å². The molecular weight excluding hydrogens is 428 g/mol. The minimum Gasteiger partial charge on any atom is -0.258 e. The minimum atomic E-state index is -0.392. The quantitative estimate of drug-likeness (QED) is 0.211. The number of hydrogen-bond donors (Lipinski definition) is 1. The highest BCUT2D eigenvalue weighted by atomic mass is 35.5. The zero-order chi connectivity index (χ0) is 20.2. The first-order valence-electron chi connectivity index (χ1n) is 8.45. The van der Waals surface area contributed by atoms with Crippen molar-refractivity contribution < 1.29 is 4.92 Å². The number of halogens is 1. The topological polar surface area (TPSA) is 80.4 Å². The summed E-state index contributed by atoms with van der Waals surface area (Å²) in [6.45, 7) is 0. The van der Waals surface area contributed by atoms with E-state index in [2.05, 4.69) is 15.5 Å². The summed E-state index contributed by atoms with van der Waals surface area (Å²) < 4.78 is 1.06. The molecule has 3 aromatic carbocycles. The fraction of sp³-hybridized carbons (Fsp3) is 0. The van der Waals surface area contributed by atoms with Crippen LogP contribution in [0.25, 0.3) is 10.2 Å². The van der Waals surface area contributed by atoms with Crippen molar-refractivity contribution in [1.82, 2.24) is 4.98 Å². The Hall–Kier alpha value is -2.94. The van der Waals surface area contributed by atoms with Crippen molar-refractivity contribution in [3.05, 3.63) is 87.4 Å². The van der Waals surface area contributed by atoms with Crippen molar-refractivity contribution in [3.63, 3.8) is 0 Å². The molecule has 0 unspecified atom stereocenters. The van der Waals surface area contributed by atoms with E-state index in [0.717, 1.165) is 15.1 Å². The van der Waals surface area contributed by atoms with Crippen LogP contribution < -0.4 is 5.43 Å². The molecule has 4 aromatic rings. The molecule has 0 amide bonds. The summed E-state index contributed by atoms with van der Waals surface area (Å²) in [4.78, 5) is 17.0. The van der Waals surface area contributed by atoms with Crippen LogP contribution in [0.5, 0.6) is 0 Å². The van der Waals surface area contributed by atoms with Crippen molar-refractivity contribution in [1.29, 1.82) is 0 Å². The monoisotopic (exact) mass is 440 g/mol. The maximum Gasteiger partial charge on any atom is 0.283 e. The predicted molar refractivity (Wildman–Crippen MR) is 120 cm³/mol. The Morgan fingerprint density at radius 3 is 2.69 bits per heavy atom. The van der Waals surface area contributed by atoms with Crippen molar-refractivity contribution in [2.45, 2.75) is 9.79 Å². The van der Waals surface area contributed by atoms with Crippen molar-refractivity contribution in [3.8, 4) is 0 Å². The van der Waals surface area contributed by atoms with E-state index in [1.807, 2.05) is 36.4 Å². The highest BCUT2D eigenvalue weighted by Crippen LogP contribution is 2.35. The number of benzene rings is 3. The lowest BCUT2D eigenvalue weighted by Crippen LogP contribution is -1.94. The molecule has 0 atom stereocenters. The molecule has 0 fully saturated rings. The second-order valence-corrected chi connectivity index (χ2v) is 8.48. The van der Waals surface area contributed by atoms with Crippen LogP contribution in [0.2, 0.25) is 5.02 Å². The zero-order valence-electron chi connectivity index (χ0n) is 14.8. The van der Waals surface area contributed by atoms with Gasteiger partial charge in [0.25, 0.3) is 5.69 Å². The zero-order valence-corrected chi connectivity index (χ0v) is 17.2. The third kappa shape index (κ3) is 4.73. The highest BCUT2D eigenvalue weighted by molar-refractivity contribution is 7.99. The molecule has 6 nitrogen and oxygen atoms in total. The first kappa shape index (κ1) is 19.4. The average Bonchev–Trinajstić information content (AvgIpc) is 3.13. The number of nitrogens with one attached hydrogen (secondary N) is 1. The van der Waals surface area contributed by atoms with E-state index in [-0.39, 0.29) is 5.69 Å². The lowest BCUT2D eigenvalue weighted by molar-refractivity contribution is -0.387. The molecule has 0 radical (unpaired) electrons. The second-order valence-electron chi connectivity index (χ2n) is 5.90. The molecule has 1 N–H and O–H groups in total. The molecule has 29 heavy (non-hydrogen) atoms. The summed E-state index contributed by atoms with van der Waals surface area (Å²) in [5.74, 6) is 0. The molecule has 1 heterocycles. The number of anilines is 1. The molecule has 0 aliphatic rings. The molecular formula is C20H13ClN4O2S2. The molecule has 0 saturated heterocycles. The maximum atomic E-state index is 11.5. The number of thiazole rings is 1. The number of nitro groups is 1. The summed E-state index contributed by atoms with van der Waals surface area (Å²) >= 11 is 8.69. The summed E-state index contributed by atoms with van der Waals surface area (Å²) in [6.07, 6.45) is 1.54. The molecule has 0 aliphatic heterocycles. The van der Waals surface area contributed by atoms with Gasteiger partial charge in [0.05, 0.1) is 26.3 Å². The van der Waals surface area contributed by atoms with E-state index in [4.69, 9.17) is 11.6 Å². The molecule has 0 aliphatic carbocycles. The summed E-state index contributed by atoms with van der Waals surface area (Å²) in [7, 11) is 0. The van der Waals surface area contributed by atoms with Gasteiger partial charge >= 0.3 is 0 Å². The highest BCUT2D eigenvalue weighted by Gasteiger charge is 2.15. The van der Waals surface area contributed by atoms with Crippen LogP contribution in [0.4, 0.5) is 10.8 Å². The van der Waals surface area contributed by atoms with Gasteiger partial charge in [0.2, 0.25) is 5.13 Å². The van der Waals surface area contributed by atoms with Crippen LogP contribution in [0.3, 0.4) is 0 Å². The Morgan fingerprint density at radius 1 is 1.14 bits per heavy atom. The largest absolute Gasteiger partial charge is 0.283 e. The number of rotatable bonds is 6. The Morgan fingerprint density at radius 2 is 1.93 bits per heavy atom. The van der Waals surface area contributed by atoms with Gasteiger partial charge in [0.1, 0.15) is 0 Å². The van der Waals surface area contributed by atoms with Crippen LogP contribution in [-0.2, 0) is 0 Å². The fourth-order valence-electron chi connectivity index (χ4n) is 2.56. The molecule has 0 saturated carbocycles. The fourth-order valence-corrected chi connectivity index (χ4v) is 4.40. The molecule has 144 valence electrons. The summed E-state index contributed by atoms with van der Waals surface area (Å²) in [5, 5.41) is 17.0. The Kier molecular flexibility index (Phi) is 5.75. The van der Waals surface area contributed by atoms with Gasteiger partial charge in [-0.3, -0.25) is 15.5 Å². The van der Waals surface area contributed by atoms with Gasteiger partial charge in [-0.15, -0.1) is 0 Å². The maximum absolute atomic E-state index is 11.5. The van der Waals surface area contributed by atoms with Crippen LogP contribution in [0, 0.1) is 10.1 Å². The lowest BCUT2D eigenvalue weighted by Gasteiger charge is -2.04. The molecule has 0 bridgehead atoms. The first-order chi connectivity index (χ1) is 14.1. The summed E-state index contributed by atoms with van der Waals surface area (Å²) in [6, 6.07) is 20.0. The van der Waals surface area contributed by atoms with E-state index >= 15 is 0 Å². The third-order valence-electron chi connectivity index (χ3n) is 3.89. The molecule has 9 heteroatoms. The Bertz CT molecular complexity index is 1180. The van der Waals surface area contributed by atoms with E-state index in [1.54, 1.807) is 24.3 Å². The van der Waals surface area contributed by atoms with E-state index in [9.17, 15) is 10.1 Å². The number of fused-ring (bicyclic) bond motifs is 1. The lowest BCUT2D eigenvalue weighted by atomic mass is 10.2. The molecule has 4 rings (SSSR count). The Balaban J connectivity index is 1.51. The normalized spacial score (nSPS) is 11.2. The number of hydrazone groups is 1.